The first-order valence-electron chi connectivity index (χ1n) is 6.51. The molecular weight excluding hydrogens is 315 g/mol. The van der Waals surface area contributed by atoms with Gasteiger partial charge in [0.25, 0.3) is 0 Å². The highest BCUT2D eigenvalue weighted by Crippen LogP contribution is 2.26. The summed E-state index contributed by atoms with van der Waals surface area (Å²) in [5.74, 6) is 0. The van der Waals surface area contributed by atoms with E-state index in [0.717, 1.165) is 5.56 Å². The highest BCUT2D eigenvalue weighted by Gasteiger charge is 2.25. The Morgan fingerprint density at radius 1 is 1.29 bits per heavy atom. The molecule has 0 N–H and O–H groups in total. The lowest BCUT2D eigenvalue weighted by molar-refractivity contribution is -0.386. The van der Waals surface area contributed by atoms with Crippen LogP contribution in [0.3, 0.4) is 0 Å². The van der Waals surface area contributed by atoms with Crippen molar-refractivity contribution in [3.05, 3.63) is 49.5 Å². The number of aryl methyl sites for hydroxylation is 1. The largest absolute Gasteiger partial charge is 0.313 e. The summed E-state index contributed by atoms with van der Waals surface area (Å²) in [5.41, 5.74) is 1.88. The maximum absolute atomic E-state index is 11.2. The van der Waals surface area contributed by atoms with Gasteiger partial charge in [0.2, 0.25) is 0 Å². The minimum Gasteiger partial charge on any atom is -0.258 e. The summed E-state index contributed by atoms with van der Waals surface area (Å²) >= 11 is 11.8. The van der Waals surface area contributed by atoms with Gasteiger partial charge in [-0.2, -0.15) is 5.10 Å². The molecule has 2 heterocycles. The van der Waals surface area contributed by atoms with Gasteiger partial charge in [0, 0.05) is 5.56 Å². The molecule has 0 fully saturated rings. The van der Waals surface area contributed by atoms with Crippen molar-refractivity contribution in [2.45, 2.75) is 33.2 Å². The molecule has 0 unspecified atom stereocenters. The van der Waals surface area contributed by atoms with Crippen molar-refractivity contribution in [3.63, 3.8) is 0 Å². The number of halogens is 2. The summed E-state index contributed by atoms with van der Waals surface area (Å²) in [4.78, 5) is 14.8. The van der Waals surface area contributed by atoms with Crippen LogP contribution in [0.4, 0.5) is 5.69 Å². The standard InChI is InChI=1S/C13H14Cl2N4O2/c1-3-9-12(19(20)21)10(4-2)18(17-9)7-8-5-6-11(14)16-13(8)15/h5-6H,3-4,7H2,1-2H3. The molecule has 0 aromatic carbocycles. The van der Waals surface area contributed by atoms with E-state index >= 15 is 0 Å². The Labute approximate surface area is 131 Å². The fraction of sp³-hybridized carbons (Fsp3) is 0.385. The average Bonchev–Trinajstić information content (AvgIpc) is 2.79. The first-order valence-corrected chi connectivity index (χ1v) is 7.27. The van der Waals surface area contributed by atoms with Crippen LogP contribution >= 0.6 is 23.2 Å². The number of nitrogens with zero attached hydrogens (tertiary/aromatic N) is 4. The zero-order valence-corrected chi connectivity index (χ0v) is 13.1. The fourth-order valence-corrected chi connectivity index (χ4v) is 2.60. The number of nitro groups is 1. The van der Waals surface area contributed by atoms with E-state index in [9.17, 15) is 10.1 Å². The summed E-state index contributed by atoms with van der Waals surface area (Å²) in [5, 5.41) is 16.2. The van der Waals surface area contributed by atoms with Gasteiger partial charge < -0.3 is 0 Å². The highest BCUT2D eigenvalue weighted by molar-refractivity contribution is 6.32. The maximum atomic E-state index is 11.2. The van der Waals surface area contributed by atoms with Crippen molar-refractivity contribution in [1.29, 1.82) is 0 Å². The molecule has 0 aliphatic carbocycles. The third-order valence-corrected chi connectivity index (χ3v) is 3.70. The fourth-order valence-electron chi connectivity index (χ4n) is 2.19. The number of rotatable bonds is 5. The van der Waals surface area contributed by atoms with Gasteiger partial charge in [-0.3, -0.25) is 14.8 Å². The summed E-state index contributed by atoms with van der Waals surface area (Å²) in [6, 6.07) is 3.38. The number of hydrogen-bond donors (Lipinski definition) is 0. The Bertz CT molecular complexity index is 685. The lowest BCUT2D eigenvalue weighted by Crippen LogP contribution is -2.07. The zero-order valence-electron chi connectivity index (χ0n) is 11.6. The lowest BCUT2D eigenvalue weighted by Gasteiger charge is -2.07. The normalized spacial score (nSPS) is 10.9. The number of aromatic nitrogens is 3. The molecule has 0 spiro atoms. The van der Waals surface area contributed by atoms with Crippen LogP contribution in [0.2, 0.25) is 10.3 Å². The predicted molar refractivity (Wildman–Crippen MR) is 81.0 cm³/mol. The first-order chi connectivity index (χ1) is 9.97. The molecular formula is C13H14Cl2N4O2. The Morgan fingerprint density at radius 3 is 2.52 bits per heavy atom. The molecule has 0 aliphatic rings. The van der Waals surface area contributed by atoms with Crippen molar-refractivity contribution in [1.82, 2.24) is 14.8 Å². The van der Waals surface area contributed by atoms with E-state index in [1.807, 2.05) is 13.8 Å². The van der Waals surface area contributed by atoms with Crippen LogP contribution < -0.4 is 0 Å². The van der Waals surface area contributed by atoms with Crippen molar-refractivity contribution >= 4 is 28.9 Å². The number of hydrogen-bond acceptors (Lipinski definition) is 4. The second-order valence-electron chi connectivity index (χ2n) is 4.45. The van der Waals surface area contributed by atoms with E-state index in [2.05, 4.69) is 10.1 Å². The number of pyridine rings is 1. The first kappa shape index (κ1) is 15.7. The molecule has 0 amide bonds. The molecule has 0 saturated heterocycles. The third kappa shape index (κ3) is 3.16. The van der Waals surface area contributed by atoms with E-state index < -0.39 is 0 Å². The van der Waals surface area contributed by atoms with Crippen molar-refractivity contribution in [2.75, 3.05) is 0 Å². The van der Waals surface area contributed by atoms with Crippen LogP contribution in [0, 0.1) is 10.1 Å². The van der Waals surface area contributed by atoms with Gasteiger partial charge in [0.15, 0.2) is 0 Å². The van der Waals surface area contributed by atoms with Crippen LogP contribution in [0.5, 0.6) is 0 Å². The highest BCUT2D eigenvalue weighted by atomic mass is 35.5. The molecule has 2 rings (SSSR count). The molecule has 2 aromatic rings. The lowest BCUT2D eigenvalue weighted by atomic mass is 10.2. The second-order valence-corrected chi connectivity index (χ2v) is 5.19. The maximum Gasteiger partial charge on any atom is 0.313 e. The third-order valence-electron chi connectivity index (χ3n) is 3.16. The van der Waals surface area contributed by atoms with Crippen LogP contribution in [-0.2, 0) is 19.4 Å². The molecule has 0 aliphatic heterocycles. The van der Waals surface area contributed by atoms with E-state index in [1.54, 1.807) is 16.8 Å². The summed E-state index contributed by atoms with van der Waals surface area (Å²) in [6.07, 6.45) is 1.02. The zero-order chi connectivity index (χ0) is 15.6. The Morgan fingerprint density at radius 2 is 2.00 bits per heavy atom. The van der Waals surface area contributed by atoms with Gasteiger partial charge in [-0.1, -0.05) is 43.1 Å². The summed E-state index contributed by atoms with van der Waals surface area (Å²) < 4.78 is 1.62. The second kappa shape index (κ2) is 6.41. The Hall–Kier alpha value is -1.66. The summed E-state index contributed by atoms with van der Waals surface area (Å²) in [7, 11) is 0. The molecule has 0 radical (unpaired) electrons. The quantitative estimate of drug-likeness (QED) is 0.477. The van der Waals surface area contributed by atoms with Gasteiger partial charge in [-0.15, -0.1) is 0 Å². The molecule has 21 heavy (non-hydrogen) atoms. The van der Waals surface area contributed by atoms with Crippen LogP contribution in [-0.4, -0.2) is 19.7 Å². The van der Waals surface area contributed by atoms with Crippen LogP contribution in [0.25, 0.3) is 0 Å². The Kier molecular flexibility index (Phi) is 4.80. The van der Waals surface area contributed by atoms with Crippen molar-refractivity contribution in [2.24, 2.45) is 0 Å². The smallest absolute Gasteiger partial charge is 0.258 e. The average molecular weight is 329 g/mol. The predicted octanol–water partition coefficient (Wildman–Crippen LogP) is 3.67. The van der Waals surface area contributed by atoms with E-state index in [0.29, 0.717) is 35.9 Å². The minimum absolute atomic E-state index is 0.0954. The van der Waals surface area contributed by atoms with Gasteiger partial charge in [-0.05, 0) is 18.9 Å². The van der Waals surface area contributed by atoms with Crippen LogP contribution in [0.1, 0.15) is 30.8 Å². The Balaban J connectivity index is 2.46. The van der Waals surface area contributed by atoms with Gasteiger partial charge in [0.1, 0.15) is 21.7 Å². The van der Waals surface area contributed by atoms with E-state index in [-0.39, 0.29) is 15.8 Å². The molecule has 0 bridgehead atoms. The van der Waals surface area contributed by atoms with Gasteiger partial charge >= 0.3 is 5.69 Å². The van der Waals surface area contributed by atoms with E-state index in [1.165, 1.54) is 0 Å². The molecule has 8 heteroatoms. The monoisotopic (exact) mass is 328 g/mol. The van der Waals surface area contributed by atoms with Gasteiger partial charge in [-0.25, -0.2) is 4.98 Å². The topological polar surface area (TPSA) is 73.8 Å². The molecule has 0 saturated carbocycles. The van der Waals surface area contributed by atoms with Crippen molar-refractivity contribution < 1.29 is 4.92 Å². The van der Waals surface area contributed by atoms with Crippen molar-refractivity contribution in [3.8, 4) is 0 Å². The SMILES string of the molecule is CCc1nn(Cc2ccc(Cl)nc2Cl)c(CC)c1[N+](=O)[O-]. The molecule has 2 aromatic heterocycles. The van der Waals surface area contributed by atoms with Gasteiger partial charge in [0.05, 0.1) is 11.5 Å². The summed E-state index contributed by atoms with van der Waals surface area (Å²) in [6.45, 7) is 4.03. The van der Waals surface area contributed by atoms with Crippen LogP contribution in [0.15, 0.2) is 12.1 Å². The molecule has 6 nitrogen and oxygen atoms in total. The molecule has 112 valence electrons. The molecule has 0 atom stereocenters. The van der Waals surface area contributed by atoms with E-state index in [4.69, 9.17) is 23.2 Å². The minimum atomic E-state index is -0.372.